The lowest BCUT2D eigenvalue weighted by Gasteiger charge is -2.58. The summed E-state index contributed by atoms with van der Waals surface area (Å²) in [7, 11) is 0. The summed E-state index contributed by atoms with van der Waals surface area (Å²) in [6.07, 6.45) is 5.59. The normalized spacial score (nSPS) is 17.0. The van der Waals surface area contributed by atoms with Crippen LogP contribution in [0.5, 0.6) is 0 Å². The summed E-state index contributed by atoms with van der Waals surface area (Å²) in [4.78, 5) is 26.3. The van der Waals surface area contributed by atoms with Crippen LogP contribution in [0.3, 0.4) is 0 Å². The molecule has 4 unspecified atom stereocenters. The number of hydrogen-bond donors (Lipinski definition) is 3. The van der Waals surface area contributed by atoms with Gasteiger partial charge in [-0.1, -0.05) is 109 Å². The van der Waals surface area contributed by atoms with Crippen molar-refractivity contribution in [2.45, 2.75) is 141 Å². The number of carbonyl (C=O) groups excluding carboxylic acids is 2. The van der Waals surface area contributed by atoms with Crippen molar-refractivity contribution in [2.75, 3.05) is 39.5 Å². The zero-order valence-electron chi connectivity index (χ0n) is 32.3. The minimum Gasteiger partial charge on any atom is -0.498 e. The van der Waals surface area contributed by atoms with Gasteiger partial charge in [-0.05, 0) is 67.2 Å². The van der Waals surface area contributed by atoms with Gasteiger partial charge in [0, 0.05) is 12.0 Å². The van der Waals surface area contributed by atoms with Gasteiger partial charge in [-0.2, -0.15) is 12.6 Å². The second-order valence-electron chi connectivity index (χ2n) is 16.9. The topological polar surface area (TPSA) is 94.1 Å². The molecule has 0 amide bonds. The highest BCUT2D eigenvalue weighted by Gasteiger charge is 2.60. The van der Waals surface area contributed by atoms with E-state index in [2.05, 4.69) is 115 Å². The monoisotopic (exact) mass is 672 g/mol. The molecule has 8 heteroatoms. The van der Waals surface area contributed by atoms with Crippen molar-refractivity contribution in [1.29, 1.82) is 0 Å². The molecular weight excluding hydrogens is 598 g/mol. The van der Waals surface area contributed by atoms with E-state index in [9.17, 15) is 9.59 Å². The minimum atomic E-state index is -0.860. The molecule has 0 rings (SSSR count). The number of carbonyl (C=O) groups is 2. The van der Waals surface area contributed by atoms with Gasteiger partial charge in [-0.3, -0.25) is 9.59 Å². The summed E-state index contributed by atoms with van der Waals surface area (Å²) in [5.74, 6) is 0.472. The standard InChI is InChI=1S/C38H73NO6S/c1-16-17-19-28(2)34(8,9)26-38(15,32(42)45-25-24-44-31(41)29(3)46)36(12,13)35(10,11)27-37(14,33(5,6)7)30(4)43-23-18-20-39-21-22-40/h28-29,39-40,46H,4,16-27H2,1-3,5-15H3. The molecule has 0 bridgehead atoms. The summed E-state index contributed by atoms with van der Waals surface area (Å²) in [5, 5.41) is 11.7. The molecule has 0 fully saturated rings. The lowest BCUT2D eigenvalue weighted by atomic mass is 9.46. The molecule has 0 aliphatic carbocycles. The highest BCUT2D eigenvalue weighted by Crippen LogP contribution is 2.63. The van der Waals surface area contributed by atoms with Crippen LogP contribution in [0.15, 0.2) is 12.3 Å². The fourth-order valence-electron chi connectivity index (χ4n) is 6.48. The van der Waals surface area contributed by atoms with Crippen LogP contribution >= 0.6 is 12.6 Å². The molecule has 0 radical (unpaired) electrons. The van der Waals surface area contributed by atoms with Crippen LogP contribution in [0.2, 0.25) is 0 Å². The van der Waals surface area contributed by atoms with Gasteiger partial charge < -0.3 is 24.6 Å². The van der Waals surface area contributed by atoms with E-state index in [0.717, 1.165) is 44.4 Å². The van der Waals surface area contributed by atoms with Crippen LogP contribution in [0.4, 0.5) is 0 Å². The van der Waals surface area contributed by atoms with Crippen molar-refractivity contribution >= 4 is 24.6 Å². The number of nitrogens with one attached hydrogen (secondary N) is 1. The van der Waals surface area contributed by atoms with Crippen molar-refractivity contribution in [3.8, 4) is 0 Å². The lowest BCUT2D eigenvalue weighted by molar-refractivity contribution is -0.180. The summed E-state index contributed by atoms with van der Waals surface area (Å²) in [6, 6.07) is 0. The molecule has 0 heterocycles. The number of rotatable bonds is 23. The Morgan fingerprint density at radius 3 is 1.87 bits per heavy atom. The van der Waals surface area contributed by atoms with Crippen molar-refractivity contribution in [3.05, 3.63) is 12.3 Å². The average Bonchev–Trinajstić information content (AvgIpc) is 2.93. The first-order chi connectivity index (χ1) is 20.9. The van der Waals surface area contributed by atoms with Crippen LogP contribution < -0.4 is 5.32 Å². The number of allylic oxidation sites excluding steroid dienone is 1. The van der Waals surface area contributed by atoms with Crippen molar-refractivity contribution in [2.24, 2.45) is 38.4 Å². The minimum absolute atomic E-state index is 0.000445. The van der Waals surface area contributed by atoms with Crippen molar-refractivity contribution in [1.82, 2.24) is 5.32 Å². The third-order valence-electron chi connectivity index (χ3n) is 11.7. The maximum Gasteiger partial charge on any atom is 0.318 e. The number of hydrogen-bond acceptors (Lipinski definition) is 8. The fourth-order valence-corrected chi connectivity index (χ4v) is 6.56. The largest absolute Gasteiger partial charge is 0.498 e. The molecule has 0 aliphatic heterocycles. The van der Waals surface area contributed by atoms with Gasteiger partial charge in [0.15, 0.2) is 0 Å². The second kappa shape index (κ2) is 18.5. The van der Waals surface area contributed by atoms with Crippen LogP contribution in [-0.4, -0.2) is 61.8 Å². The van der Waals surface area contributed by atoms with E-state index >= 15 is 0 Å². The Morgan fingerprint density at radius 1 is 0.804 bits per heavy atom. The predicted octanol–water partition coefficient (Wildman–Crippen LogP) is 8.64. The highest BCUT2D eigenvalue weighted by atomic mass is 32.1. The summed E-state index contributed by atoms with van der Waals surface area (Å²) < 4.78 is 17.5. The molecular formula is C38H73NO6S. The van der Waals surface area contributed by atoms with E-state index in [0.29, 0.717) is 25.5 Å². The summed E-state index contributed by atoms with van der Waals surface area (Å²) in [5.41, 5.74) is -2.47. The number of ether oxygens (including phenoxy) is 3. The van der Waals surface area contributed by atoms with Gasteiger partial charge in [0.1, 0.15) is 13.2 Å². The molecule has 0 aromatic heterocycles. The van der Waals surface area contributed by atoms with Gasteiger partial charge >= 0.3 is 11.9 Å². The Hall–Kier alpha value is -1.25. The first kappa shape index (κ1) is 44.8. The maximum atomic E-state index is 14.4. The molecule has 46 heavy (non-hydrogen) atoms. The van der Waals surface area contributed by atoms with Crippen LogP contribution in [0.25, 0.3) is 0 Å². The Balaban J connectivity index is 6.51. The summed E-state index contributed by atoms with van der Waals surface area (Å²) >= 11 is 4.14. The quantitative estimate of drug-likeness (QED) is 0.0433. The summed E-state index contributed by atoms with van der Waals surface area (Å²) in [6.45, 7) is 37.1. The van der Waals surface area contributed by atoms with E-state index in [1.807, 2.05) is 0 Å². The first-order valence-corrected chi connectivity index (χ1v) is 18.0. The van der Waals surface area contributed by atoms with E-state index in [-0.39, 0.29) is 42.0 Å². The zero-order chi connectivity index (χ0) is 36.2. The van der Waals surface area contributed by atoms with E-state index in [4.69, 9.17) is 19.3 Å². The lowest BCUT2D eigenvalue weighted by Crippen LogP contribution is -2.55. The van der Waals surface area contributed by atoms with Crippen LogP contribution in [0, 0.1) is 38.4 Å². The van der Waals surface area contributed by atoms with Gasteiger partial charge in [-0.25, -0.2) is 0 Å². The van der Waals surface area contributed by atoms with E-state index in [1.165, 1.54) is 0 Å². The SMILES string of the molecule is C=C(OCCCNCCO)C(C)(CC(C)(C)C(C)(C)C(C)(CC(C)(C)C(C)CCCC)C(=O)OCCOC(=O)C(C)S)C(C)(C)C. The Morgan fingerprint density at radius 2 is 1.37 bits per heavy atom. The van der Waals surface area contributed by atoms with E-state index < -0.39 is 27.5 Å². The number of aliphatic hydroxyl groups is 1. The van der Waals surface area contributed by atoms with Crippen LogP contribution in [0.1, 0.15) is 135 Å². The molecule has 4 atom stereocenters. The van der Waals surface area contributed by atoms with Gasteiger partial charge in [0.05, 0.1) is 29.6 Å². The number of unbranched alkanes of at least 4 members (excludes halogenated alkanes) is 1. The molecule has 0 saturated heterocycles. The van der Waals surface area contributed by atoms with Crippen molar-refractivity contribution < 1.29 is 28.9 Å². The number of thiol groups is 1. The molecule has 0 saturated carbocycles. The number of esters is 2. The van der Waals surface area contributed by atoms with Gasteiger partial charge in [0.25, 0.3) is 0 Å². The van der Waals surface area contributed by atoms with E-state index in [1.54, 1.807) is 6.92 Å². The zero-order valence-corrected chi connectivity index (χ0v) is 33.2. The first-order valence-electron chi connectivity index (χ1n) is 17.5. The molecule has 272 valence electrons. The van der Waals surface area contributed by atoms with Gasteiger partial charge in [-0.15, -0.1) is 0 Å². The Bertz CT molecular complexity index is 953. The Labute approximate surface area is 289 Å². The molecule has 2 N–H and O–H groups in total. The van der Waals surface area contributed by atoms with Crippen molar-refractivity contribution in [3.63, 3.8) is 0 Å². The average molecular weight is 672 g/mol. The molecule has 0 aromatic rings. The predicted molar refractivity (Wildman–Crippen MR) is 195 cm³/mol. The molecule has 0 spiro atoms. The highest BCUT2D eigenvalue weighted by molar-refractivity contribution is 7.81. The van der Waals surface area contributed by atoms with Crippen LogP contribution in [-0.2, 0) is 23.8 Å². The van der Waals surface area contributed by atoms with Gasteiger partial charge in [0.2, 0.25) is 0 Å². The fraction of sp³-hybridized carbons (Fsp3) is 0.895. The molecule has 7 nitrogen and oxygen atoms in total. The Kier molecular flexibility index (Phi) is 18.0. The maximum absolute atomic E-state index is 14.4. The smallest absolute Gasteiger partial charge is 0.318 e. The third-order valence-corrected chi connectivity index (χ3v) is 11.9. The molecule has 0 aliphatic rings. The number of aliphatic hydroxyl groups excluding tert-OH is 1. The molecule has 0 aromatic carbocycles. The third kappa shape index (κ3) is 12.0. The second-order valence-corrected chi connectivity index (χ2v) is 17.7.